The summed E-state index contributed by atoms with van der Waals surface area (Å²) in [5.74, 6) is 2.14. The third kappa shape index (κ3) is 4.96. The number of aryl methyl sites for hydroxylation is 2. The summed E-state index contributed by atoms with van der Waals surface area (Å²) in [5.41, 5.74) is 5.30. The van der Waals surface area contributed by atoms with Crippen molar-refractivity contribution in [2.75, 3.05) is 31.2 Å². The number of rotatable bonds is 8. The molecule has 0 radical (unpaired) electrons. The highest BCUT2D eigenvalue weighted by Gasteiger charge is 2.22. The van der Waals surface area contributed by atoms with E-state index in [1.807, 2.05) is 38.1 Å². The first-order valence-electron chi connectivity index (χ1n) is 11.2. The topological polar surface area (TPSA) is 64.8 Å². The minimum absolute atomic E-state index is 0.197. The zero-order valence-corrected chi connectivity index (χ0v) is 19.0. The van der Waals surface area contributed by atoms with Gasteiger partial charge in [-0.05, 0) is 57.9 Å². The lowest BCUT2D eigenvalue weighted by atomic mass is 10.0. The van der Waals surface area contributed by atoms with E-state index in [0.29, 0.717) is 25.5 Å². The van der Waals surface area contributed by atoms with Crippen LogP contribution in [0.4, 0.5) is 5.69 Å². The van der Waals surface area contributed by atoms with E-state index in [1.54, 1.807) is 0 Å². The Balaban J connectivity index is 1.42. The maximum Gasteiger partial charge on any atom is 0.325 e. The first-order chi connectivity index (χ1) is 15.5. The van der Waals surface area contributed by atoms with E-state index in [9.17, 15) is 4.79 Å². The summed E-state index contributed by atoms with van der Waals surface area (Å²) < 4.78 is 17.2. The molecule has 0 bridgehead atoms. The Kier molecular flexibility index (Phi) is 6.78. The van der Waals surface area contributed by atoms with Crippen LogP contribution in [-0.2, 0) is 22.4 Å². The quantitative estimate of drug-likeness (QED) is 0.470. The predicted octanol–water partition coefficient (Wildman–Crippen LogP) is 4.90. The van der Waals surface area contributed by atoms with Gasteiger partial charge in [0.2, 0.25) is 5.89 Å². The minimum Gasteiger partial charge on any atom is -0.493 e. The van der Waals surface area contributed by atoms with Crippen LogP contribution in [0.15, 0.2) is 46.9 Å². The van der Waals surface area contributed by atoms with E-state index >= 15 is 0 Å². The molecular weight excluding hydrogens is 404 g/mol. The fourth-order valence-electron chi connectivity index (χ4n) is 4.07. The smallest absolute Gasteiger partial charge is 0.325 e. The van der Waals surface area contributed by atoms with Gasteiger partial charge in [0.15, 0.2) is 0 Å². The molecule has 168 valence electrons. The zero-order chi connectivity index (χ0) is 22.5. The number of ether oxygens (including phenoxy) is 2. The molecule has 1 aliphatic heterocycles. The van der Waals surface area contributed by atoms with E-state index in [-0.39, 0.29) is 12.5 Å². The second-order valence-corrected chi connectivity index (χ2v) is 8.07. The zero-order valence-electron chi connectivity index (χ0n) is 19.0. The Bertz CT molecular complexity index is 1070. The SMILES string of the molecule is CCOC(=O)CN1CCCc2c(OCCc3nc(-c4ccc(C)cc4)oc3C)cccc21. The van der Waals surface area contributed by atoms with Gasteiger partial charge < -0.3 is 18.8 Å². The monoisotopic (exact) mass is 434 g/mol. The molecule has 2 aromatic carbocycles. The summed E-state index contributed by atoms with van der Waals surface area (Å²) in [6.07, 6.45) is 2.58. The van der Waals surface area contributed by atoms with Gasteiger partial charge in [-0.1, -0.05) is 23.8 Å². The van der Waals surface area contributed by atoms with Crippen molar-refractivity contribution in [1.82, 2.24) is 4.98 Å². The van der Waals surface area contributed by atoms with E-state index in [0.717, 1.165) is 53.4 Å². The van der Waals surface area contributed by atoms with Crippen LogP contribution in [0, 0.1) is 13.8 Å². The van der Waals surface area contributed by atoms with Crippen molar-refractivity contribution < 1.29 is 18.7 Å². The lowest BCUT2D eigenvalue weighted by Gasteiger charge is -2.31. The van der Waals surface area contributed by atoms with Gasteiger partial charge in [-0.2, -0.15) is 0 Å². The van der Waals surface area contributed by atoms with Crippen LogP contribution >= 0.6 is 0 Å². The molecule has 0 spiro atoms. The molecule has 0 saturated carbocycles. The van der Waals surface area contributed by atoms with Gasteiger partial charge in [0.05, 0.1) is 18.9 Å². The van der Waals surface area contributed by atoms with Crippen LogP contribution in [0.5, 0.6) is 5.75 Å². The Morgan fingerprint density at radius 1 is 1.16 bits per heavy atom. The fourth-order valence-corrected chi connectivity index (χ4v) is 4.07. The number of hydrogen-bond donors (Lipinski definition) is 0. The van der Waals surface area contributed by atoms with E-state index in [4.69, 9.17) is 13.9 Å². The average molecular weight is 435 g/mol. The molecule has 2 heterocycles. The van der Waals surface area contributed by atoms with Crippen molar-refractivity contribution in [3.8, 4) is 17.2 Å². The van der Waals surface area contributed by atoms with E-state index in [2.05, 4.69) is 35.0 Å². The van der Waals surface area contributed by atoms with Crippen LogP contribution in [0.3, 0.4) is 0 Å². The van der Waals surface area contributed by atoms with Crippen LogP contribution in [0.2, 0.25) is 0 Å². The molecule has 0 N–H and O–H groups in total. The Morgan fingerprint density at radius 3 is 2.75 bits per heavy atom. The summed E-state index contributed by atoms with van der Waals surface area (Å²) in [4.78, 5) is 18.7. The standard InChI is InChI=1S/C26H30N2O4/c1-4-30-25(29)17-28-15-6-7-21-23(28)8-5-9-24(21)31-16-14-22-19(3)32-26(27-22)20-12-10-18(2)11-13-20/h5,8-13H,4,6-7,14-17H2,1-3H3. The normalized spacial score (nSPS) is 13.0. The summed E-state index contributed by atoms with van der Waals surface area (Å²) in [7, 11) is 0. The minimum atomic E-state index is -0.197. The first-order valence-corrected chi connectivity index (χ1v) is 11.2. The number of benzene rings is 2. The molecule has 0 unspecified atom stereocenters. The summed E-state index contributed by atoms with van der Waals surface area (Å²) in [6.45, 7) is 7.85. The third-order valence-electron chi connectivity index (χ3n) is 5.72. The van der Waals surface area contributed by atoms with Crippen LogP contribution < -0.4 is 9.64 Å². The van der Waals surface area contributed by atoms with Crippen molar-refractivity contribution in [2.24, 2.45) is 0 Å². The molecule has 0 atom stereocenters. The van der Waals surface area contributed by atoms with Crippen molar-refractivity contribution in [3.05, 3.63) is 65.0 Å². The number of hydrogen-bond acceptors (Lipinski definition) is 6. The summed E-state index contributed by atoms with van der Waals surface area (Å²) >= 11 is 0. The number of fused-ring (bicyclic) bond motifs is 1. The molecule has 6 heteroatoms. The lowest BCUT2D eigenvalue weighted by molar-refractivity contribution is -0.141. The number of esters is 1. The number of nitrogens with zero attached hydrogens (tertiary/aromatic N) is 2. The average Bonchev–Trinajstić information content (AvgIpc) is 3.15. The van der Waals surface area contributed by atoms with Crippen LogP contribution in [0.25, 0.3) is 11.5 Å². The molecule has 4 rings (SSSR count). The molecule has 0 fully saturated rings. The Morgan fingerprint density at radius 2 is 1.97 bits per heavy atom. The highest BCUT2D eigenvalue weighted by Crippen LogP contribution is 2.34. The number of oxazole rings is 1. The van der Waals surface area contributed by atoms with E-state index in [1.165, 1.54) is 5.56 Å². The molecule has 1 aliphatic rings. The predicted molar refractivity (Wildman–Crippen MR) is 124 cm³/mol. The van der Waals surface area contributed by atoms with Gasteiger partial charge in [-0.25, -0.2) is 4.98 Å². The van der Waals surface area contributed by atoms with Gasteiger partial charge in [0.25, 0.3) is 0 Å². The van der Waals surface area contributed by atoms with Crippen LogP contribution in [-0.4, -0.2) is 37.3 Å². The van der Waals surface area contributed by atoms with Gasteiger partial charge in [-0.15, -0.1) is 0 Å². The molecule has 0 aliphatic carbocycles. The van der Waals surface area contributed by atoms with Gasteiger partial charge >= 0.3 is 5.97 Å². The third-order valence-corrected chi connectivity index (χ3v) is 5.72. The van der Waals surface area contributed by atoms with Gasteiger partial charge in [-0.3, -0.25) is 4.79 Å². The first kappa shape index (κ1) is 21.9. The molecule has 3 aromatic rings. The molecule has 1 aromatic heterocycles. The number of carbonyl (C=O) groups is 1. The lowest BCUT2D eigenvalue weighted by Crippen LogP contribution is -2.35. The van der Waals surface area contributed by atoms with E-state index < -0.39 is 0 Å². The van der Waals surface area contributed by atoms with Gasteiger partial charge in [0.1, 0.15) is 18.1 Å². The van der Waals surface area contributed by atoms with Crippen molar-refractivity contribution in [1.29, 1.82) is 0 Å². The highest BCUT2D eigenvalue weighted by molar-refractivity contribution is 5.77. The maximum atomic E-state index is 12.0. The summed E-state index contributed by atoms with van der Waals surface area (Å²) in [6, 6.07) is 14.2. The highest BCUT2D eigenvalue weighted by atomic mass is 16.5. The second-order valence-electron chi connectivity index (χ2n) is 8.07. The maximum absolute atomic E-state index is 12.0. The van der Waals surface area contributed by atoms with Crippen molar-refractivity contribution in [2.45, 2.75) is 40.0 Å². The van der Waals surface area contributed by atoms with Crippen molar-refractivity contribution in [3.63, 3.8) is 0 Å². The van der Waals surface area contributed by atoms with Crippen LogP contribution in [0.1, 0.15) is 35.9 Å². The summed E-state index contributed by atoms with van der Waals surface area (Å²) in [5, 5.41) is 0. The number of carbonyl (C=O) groups excluding carboxylic acids is 1. The second kappa shape index (κ2) is 9.90. The van der Waals surface area contributed by atoms with Gasteiger partial charge in [0, 0.05) is 29.8 Å². The molecule has 6 nitrogen and oxygen atoms in total. The molecule has 0 amide bonds. The number of aromatic nitrogens is 1. The Hall–Kier alpha value is -3.28. The fraction of sp³-hybridized carbons (Fsp3) is 0.385. The Labute approximate surface area is 189 Å². The largest absolute Gasteiger partial charge is 0.493 e. The molecule has 0 saturated heterocycles. The molecular formula is C26H30N2O4. The number of anilines is 1. The van der Waals surface area contributed by atoms with Crippen molar-refractivity contribution >= 4 is 11.7 Å². The molecule has 32 heavy (non-hydrogen) atoms.